The molecule has 1 aromatic rings. The van der Waals surface area contributed by atoms with E-state index in [2.05, 4.69) is 10.6 Å². The summed E-state index contributed by atoms with van der Waals surface area (Å²) in [6.07, 6.45) is -1.43. The van der Waals surface area contributed by atoms with Gasteiger partial charge in [0.2, 0.25) is 5.91 Å². The molecular weight excluding hydrogens is 299 g/mol. The summed E-state index contributed by atoms with van der Waals surface area (Å²) in [6, 6.07) is 8.54. The largest absolute Gasteiger partial charge is 0.396 e. The Morgan fingerprint density at radius 3 is 2.65 bits per heavy atom. The van der Waals surface area contributed by atoms with Crippen LogP contribution in [0.4, 0.5) is 4.39 Å². The molecule has 1 heterocycles. The molecule has 23 heavy (non-hydrogen) atoms. The van der Waals surface area contributed by atoms with E-state index in [1.54, 1.807) is 0 Å². The van der Waals surface area contributed by atoms with Gasteiger partial charge >= 0.3 is 0 Å². The van der Waals surface area contributed by atoms with Gasteiger partial charge in [-0.15, -0.1) is 0 Å². The zero-order chi connectivity index (χ0) is 16.8. The molecule has 1 aliphatic rings. The Balaban J connectivity index is 1.91. The first-order valence-corrected chi connectivity index (χ1v) is 8.01. The van der Waals surface area contributed by atoms with Gasteiger partial charge in [-0.1, -0.05) is 30.3 Å². The number of carbonyl (C=O) groups is 1. The second-order valence-electron chi connectivity index (χ2n) is 6.06. The molecule has 1 fully saturated rings. The van der Waals surface area contributed by atoms with Crippen LogP contribution in [0.15, 0.2) is 30.3 Å². The number of halogens is 1. The molecule has 1 unspecified atom stereocenters. The highest BCUT2D eigenvalue weighted by molar-refractivity contribution is 5.76. The number of alkyl halides is 1. The van der Waals surface area contributed by atoms with Crippen molar-refractivity contribution >= 4 is 5.91 Å². The number of benzene rings is 1. The third-order valence-corrected chi connectivity index (χ3v) is 4.55. The summed E-state index contributed by atoms with van der Waals surface area (Å²) in [5, 5.41) is 25.0. The van der Waals surface area contributed by atoms with Crippen LogP contribution in [-0.4, -0.2) is 54.1 Å². The number of aliphatic hydroxyl groups is 2. The van der Waals surface area contributed by atoms with Crippen molar-refractivity contribution in [3.8, 4) is 0 Å². The molecule has 2 rings (SSSR count). The number of rotatable bonds is 7. The van der Waals surface area contributed by atoms with E-state index in [4.69, 9.17) is 0 Å². The summed E-state index contributed by atoms with van der Waals surface area (Å²) in [7, 11) is 1.51. The maximum Gasteiger partial charge on any atom is 0.221 e. The standard InChI is InChI=1S/C17H25FN2O3/c1-19-15(22)9-14-17(23)16(18)13(20-14)8-7-12(10-21)11-5-3-2-4-6-11/h2-6,12-14,16-17,20-21,23H,7-10H2,1H3,(H,19,22)/t12?,13-,14-,16+,17-/m1/s1. The average Bonchev–Trinajstić information content (AvgIpc) is 2.84. The van der Waals surface area contributed by atoms with E-state index in [1.807, 2.05) is 30.3 Å². The first-order chi connectivity index (χ1) is 11.1. The Morgan fingerprint density at radius 2 is 2.04 bits per heavy atom. The Hall–Kier alpha value is -1.50. The fourth-order valence-corrected chi connectivity index (χ4v) is 3.12. The molecule has 1 amide bonds. The van der Waals surface area contributed by atoms with Crippen LogP contribution in [0, 0.1) is 0 Å². The van der Waals surface area contributed by atoms with Gasteiger partial charge in [0.25, 0.3) is 0 Å². The van der Waals surface area contributed by atoms with Gasteiger partial charge < -0.3 is 20.8 Å². The van der Waals surface area contributed by atoms with Gasteiger partial charge in [0, 0.05) is 38.1 Å². The predicted octanol–water partition coefficient (Wildman–Crippen LogP) is 0.718. The molecule has 0 aromatic heterocycles. The quantitative estimate of drug-likeness (QED) is 0.596. The van der Waals surface area contributed by atoms with Gasteiger partial charge in [0.05, 0.1) is 0 Å². The molecule has 0 spiro atoms. The maximum absolute atomic E-state index is 14.2. The number of nitrogens with one attached hydrogen (secondary N) is 2. The number of hydrogen-bond acceptors (Lipinski definition) is 4. The maximum atomic E-state index is 14.2. The summed E-state index contributed by atoms with van der Waals surface area (Å²) in [5.41, 5.74) is 1.02. The number of hydrogen-bond donors (Lipinski definition) is 4. The van der Waals surface area contributed by atoms with Gasteiger partial charge in [-0.05, 0) is 18.4 Å². The van der Waals surface area contributed by atoms with Crippen molar-refractivity contribution in [1.29, 1.82) is 0 Å². The lowest BCUT2D eigenvalue weighted by Crippen LogP contribution is -2.38. The summed E-state index contributed by atoms with van der Waals surface area (Å²) < 4.78 is 14.2. The predicted molar refractivity (Wildman–Crippen MR) is 85.8 cm³/mol. The molecule has 0 bridgehead atoms. The van der Waals surface area contributed by atoms with Crippen LogP contribution >= 0.6 is 0 Å². The summed E-state index contributed by atoms with van der Waals surface area (Å²) in [6.45, 7) is -0.00207. The third-order valence-electron chi connectivity index (χ3n) is 4.55. The molecule has 1 aromatic carbocycles. The van der Waals surface area contributed by atoms with Gasteiger partial charge in [0.15, 0.2) is 0 Å². The molecule has 6 heteroatoms. The molecule has 5 atom stereocenters. The smallest absolute Gasteiger partial charge is 0.221 e. The summed E-state index contributed by atoms with van der Waals surface area (Å²) in [5.74, 6) is -0.285. The fraction of sp³-hybridized carbons (Fsp3) is 0.588. The normalized spacial score (nSPS) is 28.5. The molecule has 0 radical (unpaired) electrons. The van der Waals surface area contributed by atoms with E-state index in [0.717, 1.165) is 5.56 Å². The minimum Gasteiger partial charge on any atom is -0.396 e. The van der Waals surface area contributed by atoms with Crippen LogP contribution in [0.2, 0.25) is 0 Å². The molecule has 128 valence electrons. The zero-order valence-electron chi connectivity index (χ0n) is 13.3. The topological polar surface area (TPSA) is 81.6 Å². The minimum absolute atomic E-state index is 0.00207. The highest BCUT2D eigenvalue weighted by atomic mass is 19.1. The fourth-order valence-electron chi connectivity index (χ4n) is 3.12. The molecule has 0 saturated carbocycles. The van der Waals surface area contributed by atoms with Crippen molar-refractivity contribution in [3.63, 3.8) is 0 Å². The van der Waals surface area contributed by atoms with Gasteiger partial charge in [0.1, 0.15) is 12.3 Å². The Kier molecular flexibility index (Phi) is 6.50. The first kappa shape index (κ1) is 17.8. The highest BCUT2D eigenvalue weighted by Gasteiger charge is 2.42. The van der Waals surface area contributed by atoms with Crippen LogP contribution in [0.25, 0.3) is 0 Å². The van der Waals surface area contributed by atoms with E-state index < -0.39 is 24.4 Å². The van der Waals surface area contributed by atoms with Crippen molar-refractivity contribution in [2.24, 2.45) is 0 Å². The molecule has 5 nitrogen and oxygen atoms in total. The van der Waals surface area contributed by atoms with Crippen molar-refractivity contribution in [3.05, 3.63) is 35.9 Å². The lowest BCUT2D eigenvalue weighted by Gasteiger charge is -2.19. The van der Waals surface area contributed by atoms with E-state index >= 15 is 0 Å². The van der Waals surface area contributed by atoms with Gasteiger partial charge in [-0.25, -0.2) is 4.39 Å². The van der Waals surface area contributed by atoms with Crippen LogP contribution in [0.1, 0.15) is 30.7 Å². The van der Waals surface area contributed by atoms with Crippen molar-refractivity contribution in [2.45, 2.75) is 49.5 Å². The SMILES string of the molecule is CNC(=O)C[C@H]1N[C@H](CCC(CO)c2ccccc2)[C@H](F)[C@@H]1O. The second-order valence-corrected chi connectivity index (χ2v) is 6.06. The van der Waals surface area contributed by atoms with Crippen molar-refractivity contribution in [1.82, 2.24) is 10.6 Å². The molecule has 1 aliphatic heterocycles. The van der Waals surface area contributed by atoms with Gasteiger partial charge in [-0.2, -0.15) is 0 Å². The first-order valence-electron chi connectivity index (χ1n) is 8.01. The summed E-state index contributed by atoms with van der Waals surface area (Å²) >= 11 is 0. The van der Waals surface area contributed by atoms with Crippen LogP contribution < -0.4 is 10.6 Å². The molecule has 0 aliphatic carbocycles. The van der Waals surface area contributed by atoms with E-state index in [9.17, 15) is 19.4 Å². The van der Waals surface area contributed by atoms with Crippen molar-refractivity contribution < 1.29 is 19.4 Å². The zero-order valence-corrected chi connectivity index (χ0v) is 13.3. The second kappa shape index (κ2) is 8.38. The molecule has 1 saturated heterocycles. The lowest BCUT2D eigenvalue weighted by molar-refractivity contribution is -0.121. The van der Waals surface area contributed by atoms with E-state index in [1.165, 1.54) is 7.05 Å². The molecule has 4 N–H and O–H groups in total. The third kappa shape index (κ3) is 4.50. The van der Waals surface area contributed by atoms with Crippen LogP contribution in [0.5, 0.6) is 0 Å². The van der Waals surface area contributed by atoms with Gasteiger partial charge in [-0.3, -0.25) is 4.79 Å². The van der Waals surface area contributed by atoms with Crippen LogP contribution in [-0.2, 0) is 4.79 Å². The Labute approximate surface area is 135 Å². The van der Waals surface area contributed by atoms with Crippen molar-refractivity contribution in [2.75, 3.05) is 13.7 Å². The number of carbonyl (C=O) groups excluding carboxylic acids is 1. The monoisotopic (exact) mass is 324 g/mol. The Bertz CT molecular complexity index is 500. The highest BCUT2D eigenvalue weighted by Crippen LogP contribution is 2.27. The Morgan fingerprint density at radius 1 is 1.35 bits per heavy atom. The van der Waals surface area contributed by atoms with Crippen LogP contribution in [0.3, 0.4) is 0 Å². The number of aliphatic hydroxyl groups excluding tert-OH is 2. The lowest BCUT2D eigenvalue weighted by atomic mass is 9.92. The molecular formula is C17H25FN2O3. The number of amides is 1. The minimum atomic E-state index is -1.40. The van der Waals surface area contributed by atoms with E-state index in [-0.39, 0.29) is 24.9 Å². The summed E-state index contributed by atoms with van der Waals surface area (Å²) in [4.78, 5) is 11.4. The van der Waals surface area contributed by atoms with E-state index in [0.29, 0.717) is 12.8 Å². The average molecular weight is 324 g/mol.